The van der Waals surface area contributed by atoms with E-state index in [1.54, 1.807) is 18.2 Å². The van der Waals surface area contributed by atoms with Gasteiger partial charge in [0, 0.05) is 17.6 Å². The van der Waals surface area contributed by atoms with Crippen LogP contribution in [0.5, 0.6) is 0 Å². The van der Waals surface area contributed by atoms with Gasteiger partial charge in [0.05, 0.1) is 31.1 Å². The molecule has 0 saturated carbocycles. The zero-order chi connectivity index (χ0) is 20.5. The Morgan fingerprint density at radius 2 is 1.89 bits per heavy atom. The quantitative estimate of drug-likeness (QED) is 0.617. The number of nitrogens with zero attached hydrogens (tertiary/aromatic N) is 1. The van der Waals surface area contributed by atoms with Crippen LogP contribution in [0.25, 0.3) is 0 Å². The monoisotopic (exact) mass is 409 g/mol. The van der Waals surface area contributed by atoms with Crippen molar-refractivity contribution >= 4 is 27.5 Å². The van der Waals surface area contributed by atoms with Crippen LogP contribution >= 0.6 is 0 Å². The Morgan fingerprint density at radius 1 is 1.21 bits per heavy atom. The Labute approximate surface area is 166 Å². The highest BCUT2D eigenvalue weighted by Crippen LogP contribution is 2.27. The molecule has 1 fully saturated rings. The van der Waals surface area contributed by atoms with E-state index in [1.165, 1.54) is 4.31 Å². The molecule has 1 saturated heterocycles. The second-order valence-electron chi connectivity index (χ2n) is 8.50. The van der Waals surface area contributed by atoms with Gasteiger partial charge in [0.15, 0.2) is 6.54 Å². The first-order chi connectivity index (χ1) is 13.0. The van der Waals surface area contributed by atoms with E-state index in [2.05, 4.69) is 10.6 Å². The van der Waals surface area contributed by atoms with Crippen LogP contribution in [0.15, 0.2) is 23.1 Å². The minimum Gasteiger partial charge on any atom is -0.347 e. The van der Waals surface area contributed by atoms with Gasteiger partial charge in [0.2, 0.25) is 15.9 Å². The molecule has 1 aromatic carbocycles. The Hall–Kier alpha value is -1.97. The van der Waals surface area contributed by atoms with Crippen molar-refractivity contribution < 1.29 is 22.9 Å². The second kappa shape index (κ2) is 7.81. The van der Waals surface area contributed by atoms with Crippen LogP contribution in [0.2, 0.25) is 0 Å². The third kappa shape index (κ3) is 4.89. The molecule has 2 amide bonds. The van der Waals surface area contributed by atoms with Gasteiger partial charge in [-0.2, -0.15) is 4.31 Å². The van der Waals surface area contributed by atoms with Gasteiger partial charge < -0.3 is 15.5 Å². The number of hydrogen-bond donors (Lipinski definition) is 3. The number of rotatable bonds is 4. The number of quaternary nitrogens is 1. The van der Waals surface area contributed by atoms with Crippen molar-refractivity contribution in [2.45, 2.75) is 44.0 Å². The van der Waals surface area contributed by atoms with E-state index in [0.29, 0.717) is 51.3 Å². The molecule has 0 atom stereocenters. The van der Waals surface area contributed by atoms with E-state index in [-0.39, 0.29) is 22.2 Å². The van der Waals surface area contributed by atoms with E-state index in [4.69, 9.17) is 0 Å². The van der Waals surface area contributed by atoms with Crippen LogP contribution in [0.3, 0.4) is 0 Å². The third-order valence-corrected chi connectivity index (χ3v) is 6.86. The maximum absolute atomic E-state index is 13.0. The summed E-state index contributed by atoms with van der Waals surface area (Å²) in [7, 11) is -3.58. The maximum Gasteiger partial charge on any atom is 0.275 e. The number of fused-ring (bicyclic) bond motifs is 1. The topological polar surface area (TPSA) is 100 Å². The zero-order valence-electron chi connectivity index (χ0n) is 16.7. The van der Waals surface area contributed by atoms with Crippen molar-refractivity contribution in [2.24, 2.45) is 0 Å². The first kappa shape index (κ1) is 20.8. The fourth-order valence-corrected chi connectivity index (χ4v) is 5.07. The van der Waals surface area contributed by atoms with Gasteiger partial charge in [-0.25, -0.2) is 8.42 Å². The van der Waals surface area contributed by atoms with Crippen molar-refractivity contribution in [3.63, 3.8) is 0 Å². The summed E-state index contributed by atoms with van der Waals surface area (Å²) in [5.41, 5.74) is 1.27. The number of nitrogens with one attached hydrogen (secondary N) is 3. The summed E-state index contributed by atoms with van der Waals surface area (Å²) in [6.45, 7) is 8.13. The molecule has 2 aliphatic rings. The van der Waals surface area contributed by atoms with E-state index in [1.807, 2.05) is 20.8 Å². The molecule has 3 N–H and O–H groups in total. The second-order valence-corrected chi connectivity index (χ2v) is 10.4. The molecule has 0 aliphatic carbocycles. The van der Waals surface area contributed by atoms with Crippen LogP contribution < -0.4 is 15.5 Å². The lowest BCUT2D eigenvalue weighted by atomic mass is 10.0. The maximum atomic E-state index is 13.0. The number of benzene rings is 1. The van der Waals surface area contributed by atoms with Crippen LogP contribution in [0.4, 0.5) is 5.69 Å². The fourth-order valence-electron chi connectivity index (χ4n) is 3.58. The summed E-state index contributed by atoms with van der Waals surface area (Å²) in [5.74, 6) is -0.0618. The van der Waals surface area contributed by atoms with Crippen LogP contribution in [-0.4, -0.2) is 62.8 Å². The average molecular weight is 410 g/mol. The lowest BCUT2D eigenvalue weighted by Crippen LogP contribution is -3.16. The number of hydrogen-bond acceptors (Lipinski definition) is 4. The summed E-state index contributed by atoms with van der Waals surface area (Å²) in [6.07, 6.45) is 0.917. The number of carbonyl (C=O) groups excluding carboxylic acids is 2. The first-order valence-electron chi connectivity index (χ1n) is 9.62. The summed E-state index contributed by atoms with van der Waals surface area (Å²) >= 11 is 0. The molecule has 0 aromatic heterocycles. The van der Waals surface area contributed by atoms with Crippen molar-refractivity contribution in [1.82, 2.24) is 9.62 Å². The molecule has 2 heterocycles. The summed E-state index contributed by atoms with van der Waals surface area (Å²) in [5, 5.41) is 5.71. The van der Waals surface area contributed by atoms with Crippen LogP contribution in [0.1, 0.15) is 32.8 Å². The first-order valence-corrected chi connectivity index (χ1v) is 11.1. The molecule has 3 rings (SSSR count). The fraction of sp³-hybridized carbons (Fsp3) is 0.579. The van der Waals surface area contributed by atoms with Gasteiger partial charge in [0.1, 0.15) is 0 Å². The van der Waals surface area contributed by atoms with E-state index >= 15 is 0 Å². The predicted octanol–water partition coefficient (Wildman–Crippen LogP) is -0.625. The standard InChI is InChI=1S/C19H28N4O4S/c1-19(2,3)21-18(25)13-22-8-10-23(11-9-22)28(26,27)15-5-6-16-14(12-15)4-7-17(24)20-16/h5-6,12H,4,7-11,13H2,1-3H3,(H,20,24)(H,21,25)/p+1. The minimum atomic E-state index is -3.58. The largest absolute Gasteiger partial charge is 0.347 e. The molecule has 154 valence electrons. The number of carbonyl (C=O) groups is 2. The third-order valence-electron chi connectivity index (χ3n) is 4.96. The highest BCUT2D eigenvalue weighted by atomic mass is 32.2. The number of amides is 2. The molecule has 2 aliphatic heterocycles. The van der Waals surface area contributed by atoms with E-state index in [9.17, 15) is 18.0 Å². The number of piperazine rings is 1. The van der Waals surface area contributed by atoms with Crippen LogP contribution in [0, 0.1) is 0 Å². The van der Waals surface area contributed by atoms with Gasteiger partial charge in [0.25, 0.3) is 5.91 Å². The predicted molar refractivity (Wildman–Crippen MR) is 106 cm³/mol. The van der Waals surface area contributed by atoms with Gasteiger partial charge in [-0.1, -0.05) is 0 Å². The lowest BCUT2D eigenvalue weighted by Gasteiger charge is -2.32. The number of sulfonamides is 1. The molecule has 0 spiro atoms. The summed E-state index contributed by atoms with van der Waals surface area (Å²) in [6, 6.07) is 4.88. The van der Waals surface area contributed by atoms with E-state index in [0.717, 1.165) is 10.5 Å². The van der Waals surface area contributed by atoms with Gasteiger partial charge >= 0.3 is 0 Å². The van der Waals surface area contributed by atoms with Crippen molar-refractivity contribution in [3.05, 3.63) is 23.8 Å². The molecule has 28 heavy (non-hydrogen) atoms. The molecule has 0 unspecified atom stereocenters. The molecule has 9 heteroatoms. The Kier molecular flexibility index (Phi) is 5.79. The lowest BCUT2D eigenvalue weighted by molar-refractivity contribution is -0.895. The molecular weight excluding hydrogens is 380 g/mol. The normalized spacial score (nSPS) is 19.0. The Morgan fingerprint density at radius 3 is 2.54 bits per heavy atom. The van der Waals surface area contributed by atoms with Gasteiger partial charge in [-0.05, 0) is 51.0 Å². The molecule has 1 aromatic rings. The average Bonchev–Trinajstić information content (AvgIpc) is 2.60. The summed E-state index contributed by atoms with van der Waals surface area (Å²) < 4.78 is 27.5. The van der Waals surface area contributed by atoms with Gasteiger partial charge in [-0.3, -0.25) is 9.59 Å². The van der Waals surface area contributed by atoms with Gasteiger partial charge in [-0.15, -0.1) is 0 Å². The van der Waals surface area contributed by atoms with Crippen molar-refractivity contribution in [1.29, 1.82) is 0 Å². The number of aryl methyl sites for hydroxylation is 1. The van der Waals surface area contributed by atoms with E-state index < -0.39 is 10.0 Å². The van der Waals surface area contributed by atoms with Crippen molar-refractivity contribution in [3.8, 4) is 0 Å². The Balaban J connectivity index is 1.62. The molecule has 8 nitrogen and oxygen atoms in total. The smallest absolute Gasteiger partial charge is 0.275 e. The number of anilines is 1. The molecule has 0 bridgehead atoms. The SMILES string of the molecule is CC(C)(C)NC(=O)C[NH+]1CCN(S(=O)(=O)c2ccc3c(c2)CCC(=O)N3)CC1. The Bertz CT molecular complexity index is 868. The molecule has 0 radical (unpaired) electrons. The summed E-state index contributed by atoms with van der Waals surface area (Å²) in [4.78, 5) is 24.9. The van der Waals surface area contributed by atoms with Crippen LogP contribution in [-0.2, 0) is 26.0 Å². The highest BCUT2D eigenvalue weighted by Gasteiger charge is 2.32. The minimum absolute atomic E-state index is 0.0180. The zero-order valence-corrected chi connectivity index (χ0v) is 17.5. The highest BCUT2D eigenvalue weighted by molar-refractivity contribution is 7.89. The molecular formula is C19H29N4O4S+. The van der Waals surface area contributed by atoms with Crippen molar-refractivity contribution in [2.75, 3.05) is 38.0 Å².